The van der Waals surface area contributed by atoms with Gasteiger partial charge in [0.2, 0.25) is 0 Å². The summed E-state index contributed by atoms with van der Waals surface area (Å²) < 4.78 is 15.7. The molecule has 0 aliphatic carbocycles. The van der Waals surface area contributed by atoms with Gasteiger partial charge in [-0.1, -0.05) is 12.1 Å². The zero-order valence-corrected chi connectivity index (χ0v) is 16.1. The molecule has 3 aromatic rings. The van der Waals surface area contributed by atoms with Crippen LogP contribution in [0, 0.1) is 0 Å². The number of amides is 1. The lowest BCUT2D eigenvalue weighted by Crippen LogP contribution is -2.12. The Labute approximate surface area is 161 Å². The fraction of sp³-hybridized carbons (Fsp3) is 0.200. The van der Waals surface area contributed by atoms with Gasteiger partial charge in [-0.25, -0.2) is 4.98 Å². The van der Waals surface area contributed by atoms with Crippen LogP contribution in [0.25, 0.3) is 11.3 Å². The number of thiazole rings is 1. The van der Waals surface area contributed by atoms with E-state index in [2.05, 4.69) is 10.3 Å². The summed E-state index contributed by atoms with van der Waals surface area (Å²) in [5.41, 5.74) is 3.14. The number of methoxy groups -OCH3 is 3. The van der Waals surface area contributed by atoms with Gasteiger partial charge in [-0.05, 0) is 35.9 Å². The van der Waals surface area contributed by atoms with Crippen molar-refractivity contribution in [3.63, 3.8) is 0 Å². The molecule has 0 saturated carbocycles. The number of nitrogens with zero attached hydrogens (tertiary/aromatic N) is 1. The smallest absolute Gasteiger partial charge is 0.257 e. The van der Waals surface area contributed by atoms with Crippen LogP contribution in [0.5, 0.6) is 11.5 Å². The molecular formula is C20H20N2O4S. The van der Waals surface area contributed by atoms with Gasteiger partial charge >= 0.3 is 0 Å². The number of carbonyl (C=O) groups excluding carboxylic acids is 1. The highest BCUT2D eigenvalue weighted by Crippen LogP contribution is 2.33. The van der Waals surface area contributed by atoms with Crippen molar-refractivity contribution in [2.24, 2.45) is 0 Å². The largest absolute Gasteiger partial charge is 0.493 e. The third-order valence-electron chi connectivity index (χ3n) is 3.90. The van der Waals surface area contributed by atoms with Crippen LogP contribution in [0.4, 0.5) is 5.13 Å². The monoisotopic (exact) mass is 384 g/mol. The zero-order chi connectivity index (χ0) is 19.2. The number of anilines is 1. The van der Waals surface area contributed by atoms with Crippen molar-refractivity contribution < 1.29 is 19.0 Å². The summed E-state index contributed by atoms with van der Waals surface area (Å²) in [6, 6.07) is 12.9. The highest BCUT2D eigenvalue weighted by molar-refractivity contribution is 7.14. The molecule has 27 heavy (non-hydrogen) atoms. The van der Waals surface area contributed by atoms with E-state index in [-0.39, 0.29) is 5.91 Å². The Hall–Kier alpha value is -2.90. The summed E-state index contributed by atoms with van der Waals surface area (Å²) in [5.74, 6) is 1.07. The number of benzene rings is 2. The minimum absolute atomic E-state index is 0.207. The van der Waals surface area contributed by atoms with Crippen LogP contribution in [-0.4, -0.2) is 32.2 Å². The van der Waals surface area contributed by atoms with E-state index in [9.17, 15) is 4.79 Å². The number of hydrogen-bond acceptors (Lipinski definition) is 6. The van der Waals surface area contributed by atoms with Gasteiger partial charge in [0.25, 0.3) is 5.91 Å². The third-order valence-corrected chi connectivity index (χ3v) is 4.66. The summed E-state index contributed by atoms with van der Waals surface area (Å²) in [6.45, 7) is 0.460. The molecule has 0 spiro atoms. The average Bonchev–Trinajstić information content (AvgIpc) is 3.16. The van der Waals surface area contributed by atoms with E-state index < -0.39 is 0 Å². The first kappa shape index (κ1) is 18.9. The average molecular weight is 384 g/mol. The topological polar surface area (TPSA) is 69.7 Å². The van der Waals surface area contributed by atoms with Gasteiger partial charge in [0.1, 0.15) is 0 Å². The molecule has 6 nitrogen and oxygen atoms in total. The fourth-order valence-electron chi connectivity index (χ4n) is 2.60. The first-order chi connectivity index (χ1) is 13.1. The molecule has 1 heterocycles. The quantitative estimate of drug-likeness (QED) is 0.660. The second kappa shape index (κ2) is 8.66. The SMILES string of the molecule is COCc1cccc(C(=O)Nc2nc(-c3ccc(OC)c(OC)c3)cs2)c1. The number of rotatable bonds is 7. The molecule has 3 rings (SSSR count). The summed E-state index contributed by atoms with van der Waals surface area (Å²) in [7, 11) is 4.81. The lowest BCUT2D eigenvalue weighted by Gasteiger charge is -2.08. The van der Waals surface area contributed by atoms with Crippen molar-refractivity contribution in [2.45, 2.75) is 6.61 Å². The molecule has 0 bridgehead atoms. The summed E-state index contributed by atoms with van der Waals surface area (Å²) in [6.07, 6.45) is 0. The number of hydrogen-bond donors (Lipinski definition) is 1. The fourth-order valence-corrected chi connectivity index (χ4v) is 3.31. The molecule has 140 valence electrons. The predicted molar refractivity (Wildman–Crippen MR) is 106 cm³/mol. The maximum Gasteiger partial charge on any atom is 0.257 e. The molecule has 1 amide bonds. The predicted octanol–water partition coefficient (Wildman–Crippen LogP) is 4.23. The van der Waals surface area contributed by atoms with Crippen LogP contribution in [0.2, 0.25) is 0 Å². The summed E-state index contributed by atoms with van der Waals surface area (Å²) >= 11 is 1.37. The highest BCUT2D eigenvalue weighted by Gasteiger charge is 2.12. The van der Waals surface area contributed by atoms with E-state index in [0.29, 0.717) is 28.8 Å². The van der Waals surface area contributed by atoms with E-state index >= 15 is 0 Å². The van der Waals surface area contributed by atoms with Gasteiger partial charge in [0.15, 0.2) is 16.6 Å². The summed E-state index contributed by atoms with van der Waals surface area (Å²) in [4.78, 5) is 17.0. The molecule has 0 unspecified atom stereocenters. The first-order valence-electron chi connectivity index (χ1n) is 8.21. The van der Waals surface area contributed by atoms with E-state index in [4.69, 9.17) is 14.2 Å². The van der Waals surface area contributed by atoms with Gasteiger partial charge in [-0.15, -0.1) is 11.3 Å². The highest BCUT2D eigenvalue weighted by atomic mass is 32.1. The molecule has 2 aromatic carbocycles. The van der Waals surface area contributed by atoms with Crippen molar-refractivity contribution in [1.29, 1.82) is 0 Å². The van der Waals surface area contributed by atoms with Gasteiger partial charge in [0.05, 0.1) is 26.5 Å². The van der Waals surface area contributed by atoms with Crippen LogP contribution in [0.1, 0.15) is 15.9 Å². The molecule has 7 heteroatoms. The number of carbonyl (C=O) groups is 1. The standard InChI is InChI=1S/C20H20N2O4S/c1-24-11-13-5-4-6-15(9-13)19(23)22-20-21-16(12-27-20)14-7-8-17(25-2)18(10-14)26-3/h4-10,12H,11H2,1-3H3,(H,21,22,23). The van der Waals surface area contributed by atoms with Crippen molar-refractivity contribution in [1.82, 2.24) is 4.98 Å². The zero-order valence-electron chi connectivity index (χ0n) is 15.3. The van der Waals surface area contributed by atoms with Gasteiger partial charge in [0, 0.05) is 23.6 Å². The number of nitrogens with one attached hydrogen (secondary N) is 1. The van der Waals surface area contributed by atoms with Crippen LogP contribution in [-0.2, 0) is 11.3 Å². The Morgan fingerprint density at radius 3 is 2.63 bits per heavy atom. The molecule has 0 aliphatic rings. The second-order valence-corrected chi connectivity index (χ2v) is 6.55. The number of aromatic nitrogens is 1. The Balaban J connectivity index is 1.76. The first-order valence-corrected chi connectivity index (χ1v) is 9.09. The Morgan fingerprint density at radius 1 is 1.07 bits per heavy atom. The van der Waals surface area contributed by atoms with Crippen molar-refractivity contribution in [3.05, 3.63) is 59.0 Å². The molecule has 1 aromatic heterocycles. The van der Waals surface area contributed by atoms with Crippen LogP contribution >= 0.6 is 11.3 Å². The van der Waals surface area contributed by atoms with E-state index in [1.807, 2.05) is 41.8 Å². The molecule has 0 saturated heterocycles. The molecule has 0 aliphatic heterocycles. The van der Waals surface area contributed by atoms with Crippen LogP contribution in [0.3, 0.4) is 0 Å². The molecule has 0 atom stereocenters. The summed E-state index contributed by atoms with van der Waals surface area (Å²) in [5, 5.41) is 5.26. The van der Waals surface area contributed by atoms with Crippen molar-refractivity contribution in [2.75, 3.05) is 26.6 Å². The maximum atomic E-state index is 12.5. The normalized spacial score (nSPS) is 10.5. The molecule has 0 fully saturated rings. The Bertz CT molecular complexity index is 939. The van der Waals surface area contributed by atoms with Crippen molar-refractivity contribution in [3.8, 4) is 22.8 Å². The molecule has 1 N–H and O–H groups in total. The Morgan fingerprint density at radius 2 is 1.89 bits per heavy atom. The lowest BCUT2D eigenvalue weighted by molar-refractivity contribution is 0.102. The third kappa shape index (κ3) is 4.45. The van der Waals surface area contributed by atoms with Gasteiger partial charge < -0.3 is 14.2 Å². The van der Waals surface area contributed by atoms with Gasteiger partial charge in [-0.3, -0.25) is 10.1 Å². The van der Waals surface area contributed by atoms with Crippen molar-refractivity contribution >= 4 is 22.4 Å². The minimum atomic E-state index is -0.207. The maximum absolute atomic E-state index is 12.5. The Kier molecular flexibility index (Phi) is 6.05. The minimum Gasteiger partial charge on any atom is -0.493 e. The van der Waals surface area contributed by atoms with Gasteiger partial charge in [-0.2, -0.15) is 0 Å². The molecular weight excluding hydrogens is 364 g/mol. The molecule has 0 radical (unpaired) electrons. The van der Waals surface area contributed by atoms with Crippen LogP contribution < -0.4 is 14.8 Å². The lowest BCUT2D eigenvalue weighted by atomic mass is 10.1. The second-order valence-electron chi connectivity index (χ2n) is 5.70. The van der Waals surface area contributed by atoms with E-state index in [0.717, 1.165) is 16.8 Å². The van der Waals surface area contributed by atoms with E-state index in [1.165, 1.54) is 11.3 Å². The van der Waals surface area contributed by atoms with E-state index in [1.54, 1.807) is 27.4 Å². The number of ether oxygens (including phenoxy) is 3. The van der Waals surface area contributed by atoms with Crippen LogP contribution in [0.15, 0.2) is 47.8 Å².